The number of para-hydroxylation sites is 1. The molecule has 4 rings (SSSR count). The van der Waals surface area contributed by atoms with Crippen molar-refractivity contribution in [2.45, 2.75) is 24.7 Å². The second-order valence-corrected chi connectivity index (χ2v) is 9.05. The van der Waals surface area contributed by atoms with Crippen molar-refractivity contribution in [3.63, 3.8) is 0 Å². The second-order valence-electron chi connectivity index (χ2n) is 6.99. The molecule has 3 aromatic rings. The molecule has 2 aromatic carbocycles. The molecular formula is C20H19ClN4O4S. The normalized spacial score (nSPS) is 14.1. The quantitative estimate of drug-likeness (QED) is 0.640. The Kier molecular flexibility index (Phi) is 5.48. The van der Waals surface area contributed by atoms with Crippen LogP contribution >= 0.6 is 11.6 Å². The number of aryl methyl sites for hydroxylation is 1. The highest BCUT2D eigenvalue weighted by Crippen LogP contribution is 2.28. The van der Waals surface area contributed by atoms with E-state index in [0.717, 1.165) is 12.8 Å². The molecule has 1 fully saturated rings. The molecule has 0 radical (unpaired) electrons. The van der Waals surface area contributed by atoms with Gasteiger partial charge in [0.05, 0.1) is 15.6 Å². The third-order valence-electron chi connectivity index (χ3n) is 4.86. The minimum Gasteiger partial charge on any atom is -0.334 e. The number of sulfonamides is 1. The predicted octanol–water partition coefficient (Wildman–Crippen LogP) is 3.74. The molecule has 30 heavy (non-hydrogen) atoms. The molecule has 0 unspecified atom stereocenters. The van der Waals surface area contributed by atoms with Crippen LogP contribution in [0.2, 0.25) is 5.02 Å². The molecule has 1 amide bonds. The molecule has 156 valence electrons. The molecule has 1 aromatic heterocycles. The molecule has 8 nitrogen and oxygen atoms in total. The molecule has 1 aliphatic heterocycles. The number of aromatic nitrogens is 2. The number of benzene rings is 2. The van der Waals surface area contributed by atoms with Crippen molar-refractivity contribution in [1.29, 1.82) is 0 Å². The first-order valence-electron chi connectivity index (χ1n) is 9.36. The molecule has 1 aliphatic rings. The Morgan fingerprint density at radius 1 is 1.17 bits per heavy atom. The highest BCUT2D eigenvalue weighted by atomic mass is 35.5. The summed E-state index contributed by atoms with van der Waals surface area (Å²) in [5, 5.41) is 4.15. The first-order valence-corrected chi connectivity index (χ1v) is 11.2. The van der Waals surface area contributed by atoms with E-state index in [-0.39, 0.29) is 33.2 Å². The van der Waals surface area contributed by atoms with E-state index in [1.165, 1.54) is 6.07 Å². The third kappa shape index (κ3) is 4.03. The Hall–Kier alpha value is -2.91. The summed E-state index contributed by atoms with van der Waals surface area (Å²) in [4.78, 5) is 18.3. The summed E-state index contributed by atoms with van der Waals surface area (Å²) in [6.45, 7) is 3.01. The van der Waals surface area contributed by atoms with Crippen LogP contribution in [0.4, 0.5) is 5.69 Å². The molecule has 2 heterocycles. The predicted molar refractivity (Wildman–Crippen MR) is 112 cm³/mol. The van der Waals surface area contributed by atoms with Gasteiger partial charge in [0.2, 0.25) is 5.82 Å². The van der Waals surface area contributed by atoms with Crippen LogP contribution in [-0.4, -0.2) is 42.5 Å². The minimum absolute atomic E-state index is 0.0529. The van der Waals surface area contributed by atoms with E-state index in [0.29, 0.717) is 24.2 Å². The Morgan fingerprint density at radius 3 is 2.63 bits per heavy atom. The summed E-state index contributed by atoms with van der Waals surface area (Å²) < 4.78 is 33.5. The molecule has 1 N–H and O–H groups in total. The van der Waals surface area contributed by atoms with Crippen LogP contribution in [0, 0.1) is 6.92 Å². The highest BCUT2D eigenvalue weighted by molar-refractivity contribution is 7.92. The maximum Gasteiger partial charge on any atom is 0.316 e. The number of likely N-dealkylation sites (tertiary alicyclic amines) is 1. The van der Waals surface area contributed by atoms with Crippen LogP contribution in [0.3, 0.4) is 0 Å². The molecule has 0 bridgehead atoms. The summed E-state index contributed by atoms with van der Waals surface area (Å²) in [6.07, 6.45) is 1.90. The summed E-state index contributed by atoms with van der Waals surface area (Å²) in [7, 11) is -3.92. The van der Waals surface area contributed by atoms with E-state index in [4.69, 9.17) is 16.1 Å². The third-order valence-corrected chi connectivity index (χ3v) is 6.69. The van der Waals surface area contributed by atoms with Gasteiger partial charge in [-0.25, -0.2) is 8.42 Å². The van der Waals surface area contributed by atoms with Gasteiger partial charge < -0.3 is 9.42 Å². The van der Waals surface area contributed by atoms with Gasteiger partial charge in [-0.15, -0.1) is 0 Å². The molecule has 0 aliphatic carbocycles. The van der Waals surface area contributed by atoms with Crippen LogP contribution in [0.25, 0.3) is 11.4 Å². The van der Waals surface area contributed by atoms with Crippen LogP contribution in [0.5, 0.6) is 0 Å². The number of nitrogens with zero attached hydrogens (tertiary/aromatic N) is 3. The van der Waals surface area contributed by atoms with Crippen LogP contribution in [-0.2, 0) is 10.0 Å². The van der Waals surface area contributed by atoms with Crippen molar-refractivity contribution in [2.24, 2.45) is 0 Å². The average molecular weight is 447 g/mol. The fourth-order valence-corrected chi connectivity index (χ4v) is 4.85. The lowest BCUT2D eigenvalue weighted by Gasteiger charge is -2.12. The zero-order chi connectivity index (χ0) is 21.3. The average Bonchev–Trinajstić information content (AvgIpc) is 3.42. The number of rotatable bonds is 5. The van der Waals surface area contributed by atoms with Gasteiger partial charge in [0.15, 0.2) is 0 Å². The lowest BCUT2D eigenvalue weighted by atomic mass is 10.1. The van der Waals surface area contributed by atoms with Crippen LogP contribution < -0.4 is 4.72 Å². The standard InChI is InChI=1S/C20H19ClN4O4S/c1-13-8-9-14(18-22-19(29-23-18)20(26)25-10-4-5-11-25)12-17(13)30(27,28)24-16-7-3-2-6-15(16)21/h2-3,6-9,12,24H,4-5,10-11H2,1H3. The van der Waals surface area contributed by atoms with Crippen molar-refractivity contribution < 1.29 is 17.7 Å². The fraction of sp³-hybridized carbons (Fsp3) is 0.250. The number of carbonyl (C=O) groups excluding carboxylic acids is 1. The molecule has 10 heteroatoms. The van der Waals surface area contributed by atoms with Gasteiger partial charge in [0.1, 0.15) is 0 Å². The smallest absolute Gasteiger partial charge is 0.316 e. The SMILES string of the molecule is Cc1ccc(-c2noc(C(=O)N3CCCC3)n2)cc1S(=O)(=O)Nc1ccccc1Cl. The number of nitrogens with one attached hydrogen (secondary N) is 1. The topological polar surface area (TPSA) is 105 Å². The van der Waals surface area contributed by atoms with Crippen LogP contribution in [0.15, 0.2) is 51.9 Å². The van der Waals surface area contributed by atoms with E-state index in [1.807, 2.05) is 0 Å². The number of carbonyl (C=O) groups is 1. The Morgan fingerprint density at radius 2 is 1.90 bits per heavy atom. The monoisotopic (exact) mass is 446 g/mol. The highest BCUT2D eigenvalue weighted by Gasteiger charge is 2.26. The van der Waals surface area contributed by atoms with Crippen molar-refractivity contribution >= 4 is 33.2 Å². The summed E-state index contributed by atoms with van der Waals surface area (Å²) in [5.41, 5.74) is 1.24. The van der Waals surface area contributed by atoms with E-state index in [1.54, 1.807) is 48.2 Å². The molecule has 0 spiro atoms. The number of halogens is 1. The van der Waals surface area contributed by atoms with E-state index >= 15 is 0 Å². The van der Waals surface area contributed by atoms with E-state index in [9.17, 15) is 13.2 Å². The largest absolute Gasteiger partial charge is 0.334 e. The molecule has 0 atom stereocenters. The lowest BCUT2D eigenvalue weighted by Crippen LogP contribution is -2.27. The number of amides is 1. The van der Waals surface area contributed by atoms with Gasteiger partial charge in [-0.1, -0.05) is 41.0 Å². The summed E-state index contributed by atoms with van der Waals surface area (Å²) in [5.74, 6) is -0.274. The van der Waals surface area contributed by atoms with Gasteiger partial charge >= 0.3 is 11.8 Å². The summed E-state index contributed by atoms with van der Waals surface area (Å²) >= 11 is 6.08. The Bertz CT molecular complexity index is 1200. The molecule has 0 saturated carbocycles. The van der Waals surface area contributed by atoms with Gasteiger partial charge in [-0.3, -0.25) is 9.52 Å². The maximum atomic E-state index is 13.0. The zero-order valence-corrected chi connectivity index (χ0v) is 17.7. The van der Waals surface area contributed by atoms with Gasteiger partial charge in [-0.05, 0) is 43.5 Å². The van der Waals surface area contributed by atoms with Crippen molar-refractivity contribution in [3.8, 4) is 11.4 Å². The zero-order valence-electron chi connectivity index (χ0n) is 16.1. The fourth-order valence-electron chi connectivity index (χ4n) is 3.26. The van der Waals surface area contributed by atoms with Gasteiger partial charge in [0, 0.05) is 18.7 Å². The van der Waals surface area contributed by atoms with Crippen molar-refractivity contribution in [3.05, 3.63) is 58.9 Å². The Labute approximate surface area is 178 Å². The first-order chi connectivity index (χ1) is 14.3. The Balaban J connectivity index is 1.64. The van der Waals surface area contributed by atoms with Crippen LogP contribution in [0.1, 0.15) is 29.1 Å². The van der Waals surface area contributed by atoms with E-state index < -0.39 is 10.0 Å². The van der Waals surface area contributed by atoms with Gasteiger partial charge in [-0.2, -0.15) is 4.98 Å². The van der Waals surface area contributed by atoms with Gasteiger partial charge in [0.25, 0.3) is 10.0 Å². The number of anilines is 1. The summed E-state index contributed by atoms with van der Waals surface area (Å²) in [6, 6.07) is 11.3. The van der Waals surface area contributed by atoms with Crippen molar-refractivity contribution in [2.75, 3.05) is 17.8 Å². The number of hydrogen-bond acceptors (Lipinski definition) is 6. The first kappa shape index (κ1) is 20.4. The minimum atomic E-state index is -3.92. The maximum absolute atomic E-state index is 13.0. The number of hydrogen-bond donors (Lipinski definition) is 1. The molecular weight excluding hydrogens is 428 g/mol. The molecule has 1 saturated heterocycles. The van der Waals surface area contributed by atoms with E-state index in [2.05, 4.69) is 14.9 Å². The lowest BCUT2D eigenvalue weighted by molar-refractivity contribution is 0.0743. The second kappa shape index (κ2) is 8.08. The van der Waals surface area contributed by atoms with Crippen molar-refractivity contribution in [1.82, 2.24) is 15.0 Å².